The molecule has 0 fully saturated rings. The Morgan fingerprint density at radius 1 is 1.90 bits per heavy atom. The molecule has 0 aliphatic rings. The van der Waals surface area contributed by atoms with Gasteiger partial charge in [0.1, 0.15) is 6.10 Å². The van der Waals surface area contributed by atoms with E-state index in [0.29, 0.717) is 0 Å². The van der Waals surface area contributed by atoms with Crippen molar-refractivity contribution in [3.8, 4) is 0 Å². The summed E-state index contributed by atoms with van der Waals surface area (Å²) in [6.45, 7) is 3.91. The lowest BCUT2D eigenvalue weighted by Crippen LogP contribution is -2.38. The molecule has 1 unspecified atom stereocenters. The summed E-state index contributed by atoms with van der Waals surface area (Å²) in [7, 11) is 0. The first kappa shape index (κ1) is 5.29. The highest BCUT2D eigenvalue weighted by Crippen LogP contribution is 2.17. The van der Waals surface area contributed by atoms with Crippen LogP contribution in [0.15, 0.2) is 12.1 Å². The lowest BCUT2D eigenvalue weighted by molar-refractivity contribution is -0.298. The Morgan fingerprint density at radius 3 is 2.80 bits per heavy atom. The Morgan fingerprint density at radius 2 is 2.50 bits per heavy atom. The van der Waals surface area contributed by atoms with E-state index >= 15 is 0 Å². The minimum absolute atomic E-state index is 0.208. The van der Waals surface area contributed by atoms with Gasteiger partial charge >= 0.3 is 0 Å². The van der Waals surface area contributed by atoms with Gasteiger partial charge in [0.2, 0.25) is 0 Å². The molecule has 60 valence electrons. The largest absolute Gasteiger partial charge is 0.387 e. The van der Waals surface area contributed by atoms with E-state index in [1.807, 2.05) is 0 Å². The summed E-state index contributed by atoms with van der Waals surface area (Å²) in [5.74, 6) is 0. The Balaban J connectivity index is 4.73. The SMILES string of the molecule is [2H]OOC(C(C)=C([2H])[2H])C(C)(C)O. The van der Waals surface area contributed by atoms with Gasteiger partial charge in [0, 0.05) is 0 Å². The van der Waals surface area contributed by atoms with E-state index in [4.69, 9.17) is 4.17 Å². The van der Waals surface area contributed by atoms with Gasteiger partial charge in [-0.1, -0.05) is 6.53 Å². The van der Waals surface area contributed by atoms with E-state index in [0.717, 1.165) is 0 Å². The second-order valence-electron chi connectivity index (χ2n) is 2.81. The Kier molecular flexibility index (Phi) is 1.66. The van der Waals surface area contributed by atoms with E-state index in [1.165, 1.54) is 20.8 Å². The van der Waals surface area contributed by atoms with E-state index in [-0.39, 0.29) is 5.57 Å². The average molecular weight is 149 g/mol. The van der Waals surface area contributed by atoms with Crippen molar-refractivity contribution < 1.29 is 18.0 Å². The van der Waals surface area contributed by atoms with E-state index < -0.39 is 18.2 Å². The minimum Gasteiger partial charge on any atom is -0.387 e. The van der Waals surface area contributed by atoms with Gasteiger partial charge in [-0.3, -0.25) is 5.26 Å². The normalized spacial score (nSPS) is 18.6. The summed E-state index contributed by atoms with van der Waals surface area (Å²) >= 11 is 0. The molecule has 0 spiro atoms. The topological polar surface area (TPSA) is 49.7 Å². The molecule has 2 N–H and O–H groups in total. The van der Waals surface area contributed by atoms with Gasteiger partial charge in [0.05, 0.1) is 8.34 Å². The lowest BCUT2D eigenvalue weighted by atomic mass is 9.97. The number of aliphatic hydroxyl groups is 1. The van der Waals surface area contributed by atoms with Crippen molar-refractivity contribution in [3.05, 3.63) is 12.1 Å². The highest BCUT2D eigenvalue weighted by Gasteiger charge is 2.28. The number of hydrogen-bond acceptors (Lipinski definition) is 3. The maximum atomic E-state index is 9.54. The van der Waals surface area contributed by atoms with Crippen molar-refractivity contribution in [2.75, 3.05) is 0 Å². The van der Waals surface area contributed by atoms with Crippen LogP contribution < -0.4 is 0 Å². The van der Waals surface area contributed by atoms with Crippen molar-refractivity contribution in [1.82, 2.24) is 0 Å². The fourth-order valence-corrected chi connectivity index (χ4v) is 0.720. The van der Waals surface area contributed by atoms with Gasteiger partial charge in [-0.2, -0.15) is 0 Å². The molecule has 0 radical (unpaired) electrons. The van der Waals surface area contributed by atoms with Gasteiger partial charge in [0.15, 0.2) is 0 Å². The van der Waals surface area contributed by atoms with Crippen LogP contribution >= 0.6 is 0 Å². The standard InChI is InChI=1S/C7H14O3/c1-5(2)6(10-9)7(3,4)8/h6,8-9H,1H2,2-4H3/i1D2/hD. The molecular weight excluding hydrogens is 132 g/mol. The molecule has 0 bridgehead atoms. The van der Waals surface area contributed by atoms with Gasteiger partial charge in [0.25, 0.3) is 1.43 Å². The fourth-order valence-electron chi connectivity index (χ4n) is 0.720. The fraction of sp³-hybridized carbons (Fsp3) is 0.714. The van der Waals surface area contributed by atoms with Crippen LogP contribution in [-0.2, 0) is 4.89 Å². The van der Waals surface area contributed by atoms with Crippen LogP contribution in [0.3, 0.4) is 0 Å². The molecule has 0 aromatic rings. The molecule has 0 rings (SSSR count). The quantitative estimate of drug-likeness (QED) is 0.358. The van der Waals surface area contributed by atoms with Crippen molar-refractivity contribution in [1.29, 1.82) is 1.43 Å². The highest BCUT2D eigenvalue weighted by molar-refractivity contribution is 5.04. The number of hydrogen-bond donors (Lipinski definition) is 2. The Hall–Kier alpha value is -0.380. The van der Waals surface area contributed by atoms with Crippen LogP contribution in [0.1, 0.15) is 23.5 Å². The van der Waals surface area contributed by atoms with Crippen LogP contribution in [0.2, 0.25) is 0 Å². The second-order valence-corrected chi connectivity index (χ2v) is 2.81. The van der Waals surface area contributed by atoms with Crippen LogP contribution in [0, 0.1) is 0 Å². The highest BCUT2D eigenvalue weighted by atomic mass is 17.1. The monoisotopic (exact) mass is 149 g/mol. The average Bonchev–Trinajstić information content (AvgIpc) is 1.96. The molecule has 3 heteroatoms. The first-order valence-electron chi connectivity index (χ1n) is 4.36. The summed E-state index contributed by atoms with van der Waals surface area (Å²) in [6, 6.07) is 0. The molecule has 0 saturated heterocycles. The van der Waals surface area contributed by atoms with Gasteiger partial charge in [-0.05, 0) is 26.3 Å². The Labute approximate surface area is 65.2 Å². The van der Waals surface area contributed by atoms with Crippen molar-refractivity contribution in [2.24, 2.45) is 0 Å². The van der Waals surface area contributed by atoms with E-state index in [2.05, 4.69) is 10.1 Å². The minimum atomic E-state index is -1.29. The summed E-state index contributed by atoms with van der Waals surface area (Å²) < 4.78 is 20.4. The van der Waals surface area contributed by atoms with Crippen molar-refractivity contribution in [3.63, 3.8) is 0 Å². The zero-order valence-electron chi connectivity index (χ0n) is 9.34. The van der Waals surface area contributed by atoms with E-state index in [1.54, 1.807) is 0 Å². The predicted octanol–water partition coefficient (Wildman–Crippen LogP) is 1.19. The predicted molar refractivity (Wildman–Crippen MR) is 38.6 cm³/mol. The van der Waals surface area contributed by atoms with Crippen LogP contribution in [0.5, 0.6) is 0 Å². The summed E-state index contributed by atoms with van der Waals surface area (Å²) in [5, 5.41) is 13.2. The molecule has 0 saturated carbocycles. The van der Waals surface area contributed by atoms with Gasteiger partial charge < -0.3 is 5.11 Å². The lowest BCUT2D eigenvalue weighted by Gasteiger charge is -2.26. The first-order valence-corrected chi connectivity index (χ1v) is 2.95. The third-order valence-corrected chi connectivity index (χ3v) is 1.13. The van der Waals surface area contributed by atoms with Crippen LogP contribution in [-0.4, -0.2) is 22.1 Å². The van der Waals surface area contributed by atoms with Crippen molar-refractivity contribution in [2.45, 2.75) is 32.5 Å². The molecule has 10 heavy (non-hydrogen) atoms. The summed E-state index contributed by atoms with van der Waals surface area (Å²) in [4.78, 5) is 4.45. The zero-order valence-corrected chi connectivity index (χ0v) is 6.34. The molecule has 0 amide bonds. The maximum Gasteiger partial charge on any atom is 0.255 e. The smallest absolute Gasteiger partial charge is 0.255 e. The zero-order chi connectivity index (χ0) is 10.6. The second kappa shape index (κ2) is 3.14. The van der Waals surface area contributed by atoms with Crippen molar-refractivity contribution >= 4 is 0 Å². The molecular formula is C7H14O3. The van der Waals surface area contributed by atoms with Crippen LogP contribution in [0.4, 0.5) is 0 Å². The van der Waals surface area contributed by atoms with E-state index in [9.17, 15) is 5.11 Å². The Bertz CT molecular complexity index is 194. The van der Waals surface area contributed by atoms with Gasteiger partial charge in [-0.25, -0.2) is 4.89 Å². The number of rotatable bonds is 4. The molecule has 0 aromatic carbocycles. The molecule has 3 nitrogen and oxygen atoms in total. The molecule has 0 heterocycles. The first-order chi connectivity index (χ1) is 5.80. The van der Waals surface area contributed by atoms with Crippen LogP contribution in [0.25, 0.3) is 1.43 Å². The molecule has 0 aliphatic carbocycles. The third-order valence-electron chi connectivity index (χ3n) is 1.13. The maximum absolute atomic E-state index is 9.54. The third kappa shape index (κ3) is 2.47. The molecule has 0 aromatic heterocycles. The molecule has 1 atom stereocenters. The molecule has 0 aliphatic heterocycles. The van der Waals surface area contributed by atoms with Gasteiger partial charge in [-0.15, -0.1) is 0 Å². The summed E-state index contributed by atoms with van der Waals surface area (Å²) in [6.07, 6.45) is -0.977. The summed E-state index contributed by atoms with van der Waals surface area (Å²) in [5.41, 5.74) is -1.09.